The number of hydrogen-bond acceptors (Lipinski definition) is 1. The van der Waals surface area contributed by atoms with Crippen LogP contribution in [0.1, 0.15) is 28.8 Å². The molecule has 0 bridgehead atoms. The first kappa shape index (κ1) is 12.7. The van der Waals surface area contributed by atoms with E-state index in [2.05, 4.69) is 15.9 Å². The minimum Gasteiger partial charge on any atom is -0.493 e. The maximum atomic E-state index is 12.3. The van der Waals surface area contributed by atoms with Gasteiger partial charge in [0.1, 0.15) is 5.75 Å². The highest BCUT2D eigenvalue weighted by Crippen LogP contribution is 2.37. The van der Waals surface area contributed by atoms with Crippen LogP contribution in [0.2, 0.25) is 0 Å². The Kier molecular flexibility index (Phi) is 3.66. The molecule has 0 radical (unpaired) electrons. The molecule has 1 unspecified atom stereocenters. The fraction of sp³-hybridized carbons (Fsp3) is 0.500. The molecule has 1 nitrogen and oxygen atoms in total. The summed E-state index contributed by atoms with van der Waals surface area (Å²) in [5.41, 5.74) is 1.66. The van der Waals surface area contributed by atoms with Crippen molar-refractivity contribution in [2.45, 2.75) is 30.3 Å². The first-order valence-electron chi connectivity index (χ1n) is 5.42. The molecule has 1 heterocycles. The van der Waals surface area contributed by atoms with E-state index in [4.69, 9.17) is 4.74 Å². The predicted octanol–water partition coefficient (Wildman–Crippen LogP) is 4.40. The van der Waals surface area contributed by atoms with Gasteiger partial charge in [0.15, 0.2) is 0 Å². The third kappa shape index (κ3) is 3.37. The molecule has 5 heteroatoms. The highest BCUT2D eigenvalue weighted by molar-refractivity contribution is 9.09. The topological polar surface area (TPSA) is 9.23 Å². The van der Waals surface area contributed by atoms with Gasteiger partial charge in [-0.2, -0.15) is 13.2 Å². The lowest BCUT2D eigenvalue weighted by Gasteiger charge is -2.19. The van der Waals surface area contributed by atoms with Crippen molar-refractivity contribution in [1.29, 1.82) is 0 Å². The van der Waals surface area contributed by atoms with Crippen LogP contribution >= 0.6 is 15.9 Å². The van der Waals surface area contributed by atoms with Crippen LogP contribution in [-0.4, -0.2) is 12.8 Å². The third-order valence-electron chi connectivity index (χ3n) is 2.70. The molecule has 0 saturated carbocycles. The van der Waals surface area contributed by atoms with Crippen molar-refractivity contribution in [2.75, 3.05) is 6.61 Å². The van der Waals surface area contributed by atoms with E-state index in [1.165, 1.54) is 0 Å². The van der Waals surface area contributed by atoms with Crippen LogP contribution in [0.3, 0.4) is 0 Å². The van der Waals surface area contributed by atoms with Crippen molar-refractivity contribution in [3.63, 3.8) is 0 Å². The van der Waals surface area contributed by atoms with Crippen LogP contribution in [0, 0.1) is 0 Å². The summed E-state index contributed by atoms with van der Waals surface area (Å²) in [6.07, 6.45) is -3.22. The van der Waals surface area contributed by atoms with Gasteiger partial charge >= 0.3 is 6.18 Å². The van der Waals surface area contributed by atoms with E-state index >= 15 is 0 Å². The van der Waals surface area contributed by atoms with E-state index < -0.39 is 17.4 Å². The van der Waals surface area contributed by atoms with Crippen LogP contribution in [-0.2, 0) is 6.42 Å². The first-order valence-corrected chi connectivity index (χ1v) is 6.34. The maximum absolute atomic E-state index is 12.3. The zero-order valence-electron chi connectivity index (χ0n) is 9.06. The molecule has 0 fully saturated rings. The SMILES string of the molecule is FC(F)(F)CC(Br)c1ccc2c(c1)CCCO2. The first-order chi connectivity index (χ1) is 7.96. The van der Waals surface area contributed by atoms with Gasteiger partial charge in [0, 0.05) is 4.83 Å². The van der Waals surface area contributed by atoms with Gasteiger partial charge in [-0.05, 0) is 30.0 Å². The molecule has 1 aliphatic heterocycles. The van der Waals surface area contributed by atoms with Crippen LogP contribution in [0.5, 0.6) is 5.75 Å². The van der Waals surface area contributed by atoms with Crippen molar-refractivity contribution >= 4 is 15.9 Å². The number of ether oxygens (including phenoxy) is 1. The summed E-state index contributed by atoms with van der Waals surface area (Å²) in [6, 6.07) is 5.25. The molecular weight excluding hydrogens is 297 g/mol. The predicted molar refractivity (Wildman–Crippen MR) is 62.6 cm³/mol. The molecule has 0 spiro atoms. The minimum absolute atomic E-state index is 0.659. The van der Waals surface area contributed by atoms with Gasteiger partial charge < -0.3 is 4.74 Å². The van der Waals surface area contributed by atoms with E-state index in [1.807, 2.05) is 0 Å². The smallest absolute Gasteiger partial charge is 0.390 e. The zero-order valence-corrected chi connectivity index (χ0v) is 10.6. The fourth-order valence-electron chi connectivity index (χ4n) is 1.90. The summed E-state index contributed by atoms with van der Waals surface area (Å²) in [5.74, 6) is 0.798. The lowest BCUT2D eigenvalue weighted by atomic mass is 10.0. The van der Waals surface area contributed by atoms with Crippen molar-refractivity contribution in [1.82, 2.24) is 0 Å². The second-order valence-corrected chi connectivity index (χ2v) is 5.21. The Bertz CT molecular complexity index is 403. The van der Waals surface area contributed by atoms with Crippen molar-refractivity contribution in [3.8, 4) is 5.75 Å². The molecule has 0 N–H and O–H groups in total. The zero-order chi connectivity index (χ0) is 12.5. The molecule has 2 rings (SSSR count). The number of benzene rings is 1. The average molecular weight is 309 g/mol. The molecule has 1 aromatic carbocycles. The van der Waals surface area contributed by atoms with E-state index in [0.29, 0.717) is 12.2 Å². The lowest BCUT2D eigenvalue weighted by Crippen LogP contribution is -2.12. The van der Waals surface area contributed by atoms with Crippen LogP contribution in [0.15, 0.2) is 18.2 Å². The Balaban J connectivity index is 2.16. The largest absolute Gasteiger partial charge is 0.493 e. The quantitative estimate of drug-likeness (QED) is 0.736. The normalized spacial score (nSPS) is 17.2. The average Bonchev–Trinajstić information content (AvgIpc) is 2.26. The van der Waals surface area contributed by atoms with Gasteiger partial charge in [-0.3, -0.25) is 0 Å². The van der Waals surface area contributed by atoms with Gasteiger partial charge in [-0.1, -0.05) is 28.1 Å². The molecule has 0 saturated heterocycles. The highest BCUT2D eigenvalue weighted by atomic mass is 79.9. The Morgan fingerprint density at radius 3 is 2.82 bits per heavy atom. The van der Waals surface area contributed by atoms with Crippen molar-refractivity contribution < 1.29 is 17.9 Å². The number of alkyl halides is 4. The molecule has 0 amide bonds. The van der Waals surface area contributed by atoms with Gasteiger partial charge in [-0.15, -0.1) is 0 Å². The summed E-state index contributed by atoms with van der Waals surface area (Å²) in [4.78, 5) is -0.685. The summed E-state index contributed by atoms with van der Waals surface area (Å²) in [5, 5.41) is 0. The van der Waals surface area contributed by atoms with Crippen molar-refractivity contribution in [2.24, 2.45) is 0 Å². The monoisotopic (exact) mass is 308 g/mol. The third-order valence-corrected chi connectivity index (χ3v) is 3.56. The molecule has 1 aliphatic rings. The van der Waals surface area contributed by atoms with E-state index in [1.54, 1.807) is 18.2 Å². The minimum atomic E-state index is -4.15. The number of halogens is 4. The Morgan fingerprint density at radius 2 is 2.12 bits per heavy atom. The number of aryl methyl sites for hydroxylation is 1. The summed E-state index contributed by atoms with van der Waals surface area (Å²) in [6.45, 7) is 0.687. The number of hydrogen-bond donors (Lipinski definition) is 0. The molecular formula is C12H12BrF3O. The van der Waals surface area contributed by atoms with E-state index in [9.17, 15) is 13.2 Å². The Morgan fingerprint density at radius 1 is 1.35 bits per heavy atom. The van der Waals surface area contributed by atoms with Gasteiger partial charge in [0.2, 0.25) is 0 Å². The van der Waals surface area contributed by atoms with Crippen LogP contribution < -0.4 is 4.74 Å². The molecule has 0 aliphatic carbocycles. The van der Waals surface area contributed by atoms with Crippen LogP contribution in [0.4, 0.5) is 13.2 Å². The maximum Gasteiger partial charge on any atom is 0.390 e. The van der Waals surface area contributed by atoms with Crippen molar-refractivity contribution in [3.05, 3.63) is 29.3 Å². The van der Waals surface area contributed by atoms with Gasteiger partial charge in [-0.25, -0.2) is 0 Å². The van der Waals surface area contributed by atoms with E-state index in [0.717, 1.165) is 24.2 Å². The van der Waals surface area contributed by atoms with Gasteiger partial charge in [0.05, 0.1) is 13.0 Å². The molecule has 94 valence electrons. The summed E-state index contributed by atoms with van der Waals surface area (Å²) >= 11 is 3.09. The highest BCUT2D eigenvalue weighted by Gasteiger charge is 2.31. The number of rotatable bonds is 2. The standard InChI is InChI=1S/C12H12BrF3O/c13-10(7-12(14,15)16)8-3-4-11-9(6-8)2-1-5-17-11/h3-4,6,10H,1-2,5,7H2. The Hall–Kier alpha value is -0.710. The summed E-state index contributed by atoms with van der Waals surface area (Å²) in [7, 11) is 0. The molecule has 1 atom stereocenters. The Labute approximate surface area is 106 Å². The molecule has 17 heavy (non-hydrogen) atoms. The second-order valence-electron chi connectivity index (χ2n) is 4.11. The van der Waals surface area contributed by atoms with E-state index in [-0.39, 0.29) is 0 Å². The number of fused-ring (bicyclic) bond motifs is 1. The molecule has 0 aromatic heterocycles. The second kappa shape index (κ2) is 4.88. The lowest BCUT2D eigenvalue weighted by molar-refractivity contribution is -0.134. The summed E-state index contributed by atoms with van der Waals surface area (Å²) < 4.78 is 42.2. The van der Waals surface area contributed by atoms with Gasteiger partial charge in [0.25, 0.3) is 0 Å². The molecule has 1 aromatic rings. The fourth-order valence-corrected chi connectivity index (χ4v) is 2.55. The van der Waals surface area contributed by atoms with Crippen LogP contribution in [0.25, 0.3) is 0 Å².